The van der Waals surface area contributed by atoms with Crippen LogP contribution in [0.25, 0.3) is 11.3 Å². The van der Waals surface area contributed by atoms with Gasteiger partial charge in [0, 0.05) is 16.6 Å². The van der Waals surface area contributed by atoms with E-state index in [1.165, 1.54) is 12.1 Å². The van der Waals surface area contributed by atoms with E-state index in [1.807, 2.05) is 36.4 Å². The lowest BCUT2D eigenvalue weighted by Gasteiger charge is -2.22. The molecule has 1 unspecified atom stereocenters. The van der Waals surface area contributed by atoms with E-state index in [2.05, 4.69) is 24.1 Å². The summed E-state index contributed by atoms with van der Waals surface area (Å²) in [6.45, 7) is 4.74. The summed E-state index contributed by atoms with van der Waals surface area (Å²) in [6.07, 6.45) is 1.71. The molecule has 1 aromatic heterocycles. The minimum Gasteiger partial charge on any atom is -0.439 e. The first-order chi connectivity index (χ1) is 12.0. The van der Waals surface area contributed by atoms with Crippen molar-refractivity contribution in [1.82, 2.24) is 10.3 Å². The maximum atomic E-state index is 13.1. The molecule has 1 N–H and O–H groups in total. The summed E-state index contributed by atoms with van der Waals surface area (Å²) < 4.78 is 19.0. The van der Waals surface area contributed by atoms with Crippen LogP contribution in [0.2, 0.25) is 5.02 Å². The number of hydrogen-bond acceptors (Lipinski definition) is 3. The number of benzene rings is 2. The Labute approximate surface area is 151 Å². The second-order valence-corrected chi connectivity index (χ2v) is 6.72. The fourth-order valence-electron chi connectivity index (χ4n) is 2.75. The van der Waals surface area contributed by atoms with Crippen molar-refractivity contribution in [1.29, 1.82) is 0 Å². The SMILES string of the molecule is CC(C)C(NCc1ncc(-c2ccc(Cl)cc2)o1)c1ccc(F)cc1. The average Bonchev–Trinajstić information content (AvgIpc) is 3.06. The molecule has 3 nitrogen and oxygen atoms in total. The molecular formula is C20H20ClFN2O. The van der Waals surface area contributed by atoms with Crippen LogP contribution in [0.15, 0.2) is 59.1 Å². The first-order valence-electron chi connectivity index (χ1n) is 8.22. The highest BCUT2D eigenvalue weighted by atomic mass is 35.5. The lowest BCUT2D eigenvalue weighted by atomic mass is 9.96. The van der Waals surface area contributed by atoms with E-state index in [0.29, 0.717) is 29.1 Å². The average molecular weight is 359 g/mol. The van der Waals surface area contributed by atoms with Gasteiger partial charge in [-0.2, -0.15) is 0 Å². The van der Waals surface area contributed by atoms with Gasteiger partial charge in [0.05, 0.1) is 12.7 Å². The third-order valence-corrected chi connectivity index (χ3v) is 4.30. The zero-order valence-electron chi connectivity index (χ0n) is 14.2. The van der Waals surface area contributed by atoms with Gasteiger partial charge in [-0.05, 0) is 47.9 Å². The predicted octanol–water partition coefficient (Wildman–Crippen LogP) is 5.62. The number of nitrogens with zero attached hydrogens (tertiary/aromatic N) is 1. The molecule has 1 atom stereocenters. The van der Waals surface area contributed by atoms with E-state index in [4.69, 9.17) is 16.0 Å². The van der Waals surface area contributed by atoms with E-state index >= 15 is 0 Å². The van der Waals surface area contributed by atoms with Gasteiger partial charge >= 0.3 is 0 Å². The van der Waals surface area contributed by atoms with Crippen molar-refractivity contribution in [2.75, 3.05) is 0 Å². The Kier molecular flexibility index (Phi) is 5.51. The van der Waals surface area contributed by atoms with Gasteiger partial charge in [0.1, 0.15) is 5.82 Å². The van der Waals surface area contributed by atoms with Crippen molar-refractivity contribution >= 4 is 11.6 Å². The number of aromatic nitrogens is 1. The maximum Gasteiger partial charge on any atom is 0.208 e. The van der Waals surface area contributed by atoms with Crippen molar-refractivity contribution in [3.63, 3.8) is 0 Å². The van der Waals surface area contributed by atoms with Crippen LogP contribution in [0.4, 0.5) is 4.39 Å². The standard InChI is InChI=1S/C20H20ClFN2O/c1-13(2)20(15-5-9-17(22)10-6-15)24-12-19-23-11-18(25-19)14-3-7-16(21)8-4-14/h3-11,13,20,24H,12H2,1-2H3. The van der Waals surface area contributed by atoms with Gasteiger partial charge in [0.25, 0.3) is 0 Å². The highest BCUT2D eigenvalue weighted by Gasteiger charge is 2.16. The Hall–Kier alpha value is -2.17. The lowest BCUT2D eigenvalue weighted by molar-refractivity contribution is 0.380. The first-order valence-corrected chi connectivity index (χ1v) is 8.60. The Bertz CT molecular complexity index is 812. The molecule has 0 bridgehead atoms. The Morgan fingerprint density at radius 2 is 1.76 bits per heavy atom. The summed E-state index contributed by atoms with van der Waals surface area (Å²) >= 11 is 5.91. The largest absolute Gasteiger partial charge is 0.439 e. The molecule has 3 rings (SSSR count). The van der Waals surface area contributed by atoms with Crippen LogP contribution >= 0.6 is 11.6 Å². The van der Waals surface area contributed by atoms with Crippen molar-refractivity contribution < 1.29 is 8.81 Å². The molecule has 0 saturated heterocycles. The third-order valence-electron chi connectivity index (χ3n) is 4.05. The highest BCUT2D eigenvalue weighted by molar-refractivity contribution is 6.30. The molecule has 0 aliphatic heterocycles. The van der Waals surface area contributed by atoms with Crippen LogP contribution in [0.1, 0.15) is 31.3 Å². The van der Waals surface area contributed by atoms with E-state index < -0.39 is 0 Å². The van der Waals surface area contributed by atoms with Gasteiger partial charge in [-0.3, -0.25) is 0 Å². The molecular weight excluding hydrogens is 339 g/mol. The van der Waals surface area contributed by atoms with Crippen LogP contribution in [0.3, 0.4) is 0 Å². The van der Waals surface area contributed by atoms with Gasteiger partial charge in [-0.15, -0.1) is 0 Å². The number of oxazole rings is 1. The molecule has 25 heavy (non-hydrogen) atoms. The molecule has 0 amide bonds. The molecule has 3 aromatic rings. The zero-order chi connectivity index (χ0) is 17.8. The molecule has 0 spiro atoms. The zero-order valence-corrected chi connectivity index (χ0v) is 14.9. The Morgan fingerprint density at radius 1 is 1.08 bits per heavy atom. The summed E-state index contributed by atoms with van der Waals surface area (Å²) in [5, 5.41) is 4.13. The van der Waals surface area contributed by atoms with Crippen molar-refractivity contribution in [3.8, 4) is 11.3 Å². The molecule has 0 aliphatic carbocycles. The van der Waals surface area contributed by atoms with Crippen molar-refractivity contribution in [2.45, 2.75) is 26.4 Å². The molecule has 0 aliphatic rings. The molecule has 130 valence electrons. The van der Waals surface area contributed by atoms with Gasteiger partial charge in [-0.25, -0.2) is 9.37 Å². The van der Waals surface area contributed by atoms with Crippen LogP contribution in [0, 0.1) is 11.7 Å². The molecule has 0 radical (unpaired) electrons. The number of halogens is 2. The fourth-order valence-corrected chi connectivity index (χ4v) is 2.87. The van der Waals surface area contributed by atoms with E-state index in [-0.39, 0.29) is 11.9 Å². The third kappa shape index (κ3) is 4.47. The van der Waals surface area contributed by atoms with E-state index in [1.54, 1.807) is 6.20 Å². The quantitative estimate of drug-likeness (QED) is 0.621. The van der Waals surface area contributed by atoms with Crippen molar-refractivity contribution in [2.24, 2.45) is 5.92 Å². The summed E-state index contributed by atoms with van der Waals surface area (Å²) in [5.74, 6) is 1.43. The summed E-state index contributed by atoms with van der Waals surface area (Å²) in [4.78, 5) is 4.33. The predicted molar refractivity (Wildman–Crippen MR) is 97.8 cm³/mol. The van der Waals surface area contributed by atoms with Gasteiger partial charge in [0.2, 0.25) is 5.89 Å². The summed E-state index contributed by atoms with van der Waals surface area (Å²) in [7, 11) is 0. The fraction of sp³-hybridized carbons (Fsp3) is 0.250. The van der Waals surface area contributed by atoms with Crippen LogP contribution < -0.4 is 5.32 Å². The van der Waals surface area contributed by atoms with Gasteiger partial charge in [-0.1, -0.05) is 37.6 Å². The number of hydrogen-bond donors (Lipinski definition) is 1. The summed E-state index contributed by atoms with van der Waals surface area (Å²) in [5.41, 5.74) is 1.97. The van der Waals surface area contributed by atoms with Gasteiger partial charge in [0.15, 0.2) is 5.76 Å². The smallest absolute Gasteiger partial charge is 0.208 e. The second-order valence-electron chi connectivity index (χ2n) is 6.28. The first kappa shape index (κ1) is 17.6. The number of rotatable bonds is 6. The van der Waals surface area contributed by atoms with Crippen LogP contribution in [-0.2, 0) is 6.54 Å². The monoisotopic (exact) mass is 358 g/mol. The molecule has 0 fully saturated rings. The molecule has 1 heterocycles. The number of nitrogens with one attached hydrogen (secondary N) is 1. The normalized spacial score (nSPS) is 12.5. The Morgan fingerprint density at radius 3 is 2.40 bits per heavy atom. The van der Waals surface area contributed by atoms with Gasteiger partial charge < -0.3 is 9.73 Å². The summed E-state index contributed by atoms with van der Waals surface area (Å²) in [6, 6.07) is 14.1. The highest BCUT2D eigenvalue weighted by Crippen LogP contribution is 2.24. The van der Waals surface area contributed by atoms with Crippen LogP contribution in [0.5, 0.6) is 0 Å². The molecule has 0 saturated carbocycles. The molecule has 2 aromatic carbocycles. The minimum atomic E-state index is -0.230. The van der Waals surface area contributed by atoms with Crippen LogP contribution in [-0.4, -0.2) is 4.98 Å². The van der Waals surface area contributed by atoms with E-state index in [9.17, 15) is 4.39 Å². The maximum absolute atomic E-state index is 13.1. The van der Waals surface area contributed by atoms with Crippen molar-refractivity contribution in [3.05, 3.63) is 77.0 Å². The van der Waals surface area contributed by atoms with E-state index in [0.717, 1.165) is 11.1 Å². The molecule has 5 heteroatoms. The topological polar surface area (TPSA) is 38.1 Å². The minimum absolute atomic E-state index is 0.0893. The second kappa shape index (κ2) is 7.81. The Balaban J connectivity index is 1.69. The lowest BCUT2D eigenvalue weighted by Crippen LogP contribution is -2.25.